The molecule has 0 bridgehead atoms. The van der Waals surface area contributed by atoms with Gasteiger partial charge >= 0.3 is 0 Å². The van der Waals surface area contributed by atoms with E-state index in [2.05, 4.69) is 5.32 Å². The van der Waals surface area contributed by atoms with E-state index in [1.54, 1.807) is 12.0 Å². The van der Waals surface area contributed by atoms with Crippen molar-refractivity contribution in [3.05, 3.63) is 24.3 Å². The fourth-order valence-corrected chi connectivity index (χ4v) is 2.14. The molecule has 1 saturated carbocycles. The first-order chi connectivity index (χ1) is 11.1. The molecule has 0 unspecified atom stereocenters. The van der Waals surface area contributed by atoms with Gasteiger partial charge in [0.15, 0.2) is 0 Å². The van der Waals surface area contributed by atoms with E-state index in [4.69, 9.17) is 9.47 Å². The summed E-state index contributed by atoms with van der Waals surface area (Å²) in [5.41, 5.74) is 0. The lowest BCUT2D eigenvalue weighted by Gasteiger charge is -2.21. The van der Waals surface area contributed by atoms with E-state index in [0.717, 1.165) is 24.3 Å². The average molecular weight is 320 g/mol. The Bertz CT molecular complexity index is 526. The van der Waals surface area contributed by atoms with E-state index in [0.29, 0.717) is 32.2 Å². The zero-order valence-electron chi connectivity index (χ0n) is 13.7. The Morgan fingerprint density at radius 3 is 2.39 bits per heavy atom. The molecule has 1 fully saturated rings. The van der Waals surface area contributed by atoms with Crippen molar-refractivity contribution in [3.8, 4) is 11.5 Å². The molecule has 23 heavy (non-hydrogen) atoms. The van der Waals surface area contributed by atoms with Gasteiger partial charge in [-0.05, 0) is 37.1 Å². The predicted octanol–water partition coefficient (Wildman–Crippen LogP) is 1.59. The number of carbonyl (C=O) groups excluding carboxylic acids is 2. The van der Waals surface area contributed by atoms with Crippen LogP contribution in [-0.4, -0.2) is 49.6 Å². The van der Waals surface area contributed by atoms with Gasteiger partial charge in [-0.3, -0.25) is 9.59 Å². The van der Waals surface area contributed by atoms with Crippen LogP contribution in [0.3, 0.4) is 0 Å². The third kappa shape index (κ3) is 6.18. The summed E-state index contributed by atoms with van der Waals surface area (Å²) < 4.78 is 10.7. The first-order valence-corrected chi connectivity index (χ1v) is 7.90. The van der Waals surface area contributed by atoms with Crippen LogP contribution in [0.4, 0.5) is 0 Å². The molecule has 1 aromatic carbocycles. The number of nitrogens with one attached hydrogen (secondary N) is 1. The van der Waals surface area contributed by atoms with Crippen molar-refractivity contribution < 1.29 is 19.1 Å². The quantitative estimate of drug-likeness (QED) is 0.750. The number of ether oxygens (including phenoxy) is 2. The molecule has 1 aliphatic carbocycles. The molecule has 6 nitrogen and oxygen atoms in total. The number of rotatable bonds is 9. The topological polar surface area (TPSA) is 67.9 Å². The highest BCUT2D eigenvalue weighted by atomic mass is 16.5. The standard InChI is InChI=1S/C17H24N2O4/c1-13(20)19(10-9-17(21)18-14-3-4-14)11-12-23-16-7-5-15(22-2)6-8-16/h5-8,14H,3-4,9-12H2,1-2H3,(H,18,21). The van der Waals surface area contributed by atoms with Crippen molar-refractivity contribution in [3.63, 3.8) is 0 Å². The molecule has 0 spiro atoms. The second-order valence-electron chi connectivity index (χ2n) is 5.62. The summed E-state index contributed by atoms with van der Waals surface area (Å²) in [6.45, 7) is 2.76. The van der Waals surface area contributed by atoms with Gasteiger partial charge in [0.2, 0.25) is 11.8 Å². The molecule has 6 heteroatoms. The van der Waals surface area contributed by atoms with Crippen molar-refractivity contribution >= 4 is 11.8 Å². The first-order valence-electron chi connectivity index (χ1n) is 7.90. The molecule has 0 saturated heterocycles. The molecule has 0 radical (unpaired) electrons. The highest BCUT2D eigenvalue weighted by molar-refractivity contribution is 5.78. The van der Waals surface area contributed by atoms with E-state index in [1.165, 1.54) is 6.92 Å². The van der Waals surface area contributed by atoms with Crippen LogP contribution < -0.4 is 14.8 Å². The van der Waals surface area contributed by atoms with E-state index < -0.39 is 0 Å². The number of nitrogens with zero attached hydrogens (tertiary/aromatic N) is 1. The zero-order valence-corrected chi connectivity index (χ0v) is 13.7. The Balaban J connectivity index is 1.70. The van der Waals surface area contributed by atoms with Crippen LogP contribution in [0.1, 0.15) is 26.2 Å². The summed E-state index contributed by atoms with van der Waals surface area (Å²) in [5, 5.41) is 2.92. The highest BCUT2D eigenvalue weighted by Crippen LogP contribution is 2.18. The summed E-state index contributed by atoms with van der Waals surface area (Å²) >= 11 is 0. The predicted molar refractivity (Wildman–Crippen MR) is 86.5 cm³/mol. The SMILES string of the molecule is COc1ccc(OCCN(CCC(=O)NC2CC2)C(C)=O)cc1. The molecule has 0 atom stereocenters. The summed E-state index contributed by atoms with van der Waals surface area (Å²) in [7, 11) is 1.61. The number of methoxy groups -OCH3 is 1. The fraction of sp³-hybridized carbons (Fsp3) is 0.529. The van der Waals surface area contributed by atoms with Crippen LogP contribution in [0.25, 0.3) is 0 Å². The second kappa shape index (κ2) is 8.41. The molecular formula is C17H24N2O4. The summed E-state index contributed by atoms with van der Waals surface area (Å²) in [5.74, 6) is 1.45. The molecule has 1 aliphatic rings. The second-order valence-corrected chi connectivity index (χ2v) is 5.62. The minimum absolute atomic E-state index is 0.00910. The maximum absolute atomic E-state index is 11.7. The molecule has 2 rings (SSSR count). The maximum atomic E-state index is 11.7. The van der Waals surface area contributed by atoms with Crippen LogP contribution in [0.2, 0.25) is 0 Å². The van der Waals surface area contributed by atoms with Gasteiger partial charge in [-0.25, -0.2) is 0 Å². The van der Waals surface area contributed by atoms with Crippen LogP contribution >= 0.6 is 0 Å². The van der Waals surface area contributed by atoms with E-state index in [-0.39, 0.29) is 11.8 Å². The Morgan fingerprint density at radius 1 is 1.17 bits per heavy atom. The maximum Gasteiger partial charge on any atom is 0.221 e. The Kier molecular flexibility index (Phi) is 6.26. The third-order valence-corrected chi connectivity index (χ3v) is 3.69. The van der Waals surface area contributed by atoms with Crippen molar-refractivity contribution in [2.75, 3.05) is 26.8 Å². The van der Waals surface area contributed by atoms with Gasteiger partial charge in [0.25, 0.3) is 0 Å². The van der Waals surface area contributed by atoms with Crippen LogP contribution in [0.5, 0.6) is 11.5 Å². The van der Waals surface area contributed by atoms with Gasteiger partial charge in [-0.1, -0.05) is 0 Å². The van der Waals surface area contributed by atoms with Crippen molar-refractivity contribution in [2.45, 2.75) is 32.2 Å². The zero-order chi connectivity index (χ0) is 16.7. The minimum atomic E-state index is -0.0532. The van der Waals surface area contributed by atoms with Crippen molar-refractivity contribution in [1.82, 2.24) is 10.2 Å². The van der Waals surface area contributed by atoms with E-state index >= 15 is 0 Å². The summed E-state index contributed by atoms with van der Waals surface area (Å²) in [6, 6.07) is 7.63. The van der Waals surface area contributed by atoms with Crippen LogP contribution in [0.15, 0.2) is 24.3 Å². The van der Waals surface area contributed by atoms with Crippen molar-refractivity contribution in [1.29, 1.82) is 0 Å². The third-order valence-electron chi connectivity index (χ3n) is 3.69. The van der Waals surface area contributed by atoms with Gasteiger partial charge < -0.3 is 19.7 Å². The van der Waals surface area contributed by atoms with Crippen LogP contribution in [-0.2, 0) is 9.59 Å². The lowest BCUT2D eigenvalue weighted by molar-refractivity contribution is -0.130. The van der Waals surface area contributed by atoms with E-state index in [1.807, 2.05) is 24.3 Å². The highest BCUT2D eigenvalue weighted by Gasteiger charge is 2.23. The summed E-state index contributed by atoms with van der Waals surface area (Å²) in [6.07, 6.45) is 2.47. The van der Waals surface area contributed by atoms with Gasteiger partial charge in [-0.15, -0.1) is 0 Å². The molecule has 126 valence electrons. The Labute approximate surface area is 136 Å². The number of benzene rings is 1. The van der Waals surface area contributed by atoms with Crippen molar-refractivity contribution in [2.24, 2.45) is 0 Å². The molecular weight excluding hydrogens is 296 g/mol. The van der Waals surface area contributed by atoms with Gasteiger partial charge in [-0.2, -0.15) is 0 Å². The monoisotopic (exact) mass is 320 g/mol. The largest absolute Gasteiger partial charge is 0.497 e. The average Bonchev–Trinajstić information content (AvgIpc) is 3.34. The Hall–Kier alpha value is -2.24. The lowest BCUT2D eigenvalue weighted by atomic mass is 10.3. The number of amides is 2. The first kappa shape index (κ1) is 17.1. The fourth-order valence-electron chi connectivity index (χ4n) is 2.14. The molecule has 1 N–H and O–H groups in total. The van der Waals surface area contributed by atoms with Gasteiger partial charge in [0, 0.05) is 25.9 Å². The Morgan fingerprint density at radius 2 is 1.83 bits per heavy atom. The van der Waals surface area contributed by atoms with E-state index in [9.17, 15) is 9.59 Å². The number of hydrogen-bond donors (Lipinski definition) is 1. The normalized spacial score (nSPS) is 13.3. The van der Waals surface area contributed by atoms with Crippen LogP contribution in [0, 0.1) is 0 Å². The molecule has 0 heterocycles. The summed E-state index contributed by atoms with van der Waals surface area (Å²) in [4.78, 5) is 25.0. The number of carbonyl (C=O) groups is 2. The molecule has 0 aromatic heterocycles. The smallest absolute Gasteiger partial charge is 0.221 e. The lowest BCUT2D eigenvalue weighted by Crippen LogP contribution is -2.36. The number of hydrogen-bond acceptors (Lipinski definition) is 4. The van der Waals surface area contributed by atoms with Gasteiger partial charge in [0.05, 0.1) is 13.7 Å². The van der Waals surface area contributed by atoms with Gasteiger partial charge in [0.1, 0.15) is 18.1 Å². The molecule has 1 aromatic rings. The molecule has 2 amide bonds. The molecule has 0 aliphatic heterocycles. The minimum Gasteiger partial charge on any atom is -0.497 e.